The number of hydrogen-bond acceptors (Lipinski definition) is 0. The van der Waals surface area contributed by atoms with Crippen LogP contribution in [0.25, 0.3) is 0 Å². The first-order valence-corrected chi connectivity index (χ1v) is 6.07. The van der Waals surface area contributed by atoms with Crippen molar-refractivity contribution in [2.75, 3.05) is 0 Å². The number of rotatable bonds is 1. The summed E-state index contributed by atoms with van der Waals surface area (Å²) in [5.74, 6) is 2.01. The van der Waals surface area contributed by atoms with Gasteiger partial charge in [0.1, 0.15) is 0 Å². The zero-order chi connectivity index (χ0) is 11.1. The molecule has 2 rings (SSSR count). The molecule has 0 radical (unpaired) electrons. The highest BCUT2D eigenvalue weighted by molar-refractivity contribution is 5.36. The van der Waals surface area contributed by atoms with Crippen LogP contribution in [0.4, 0.5) is 0 Å². The summed E-state index contributed by atoms with van der Waals surface area (Å²) < 4.78 is 0. The van der Waals surface area contributed by atoms with Gasteiger partial charge in [-0.05, 0) is 11.8 Å². The second kappa shape index (κ2) is 6.55. The second-order valence-corrected chi connectivity index (χ2v) is 4.77. The topological polar surface area (TPSA) is 0 Å². The van der Waals surface area contributed by atoms with E-state index in [4.69, 9.17) is 0 Å². The van der Waals surface area contributed by atoms with Crippen molar-refractivity contribution < 1.29 is 0 Å². The molecular weight excluding hydrogens is 180 g/mol. The van der Waals surface area contributed by atoms with Gasteiger partial charge in [0.25, 0.3) is 0 Å². The average Bonchev–Trinajstić information content (AvgIpc) is 2.72. The third-order valence-electron chi connectivity index (χ3n) is 3.19. The van der Waals surface area contributed by atoms with E-state index in [2.05, 4.69) is 20.4 Å². The molecule has 0 saturated heterocycles. The molecule has 0 aliphatic heterocycles. The quantitative estimate of drug-likeness (QED) is 0.542. The molecule has 84 valence electrons. The van der Waals surface area contributed by atoms with E-state index in [1.807, 2.05) is 30.7 Å². The molecule has 15 heavy (non-hydrogen) atoms. The van der Waals surface area contributed by atoms with Gasteiger partial charge in [-0.1, -0.05) is 39.5 Å². The molecule has 0 aromatic rings. The van der Waals surface area contributed by atoms with E-state index in [0.29, 0.717) is 0 Å². The monoisotopic (exact) mass is 203 g/mol. The van der Waals surface area contributed by atoms with Gasteiger partial charge in [-0.3, -0.25) is 0 Å². The third-order valence-corrected chi connectivity index (χ3v) is 3.19. The van der Waals surface area contributed by atoms with E-state index in [1.54, 1.807) is 0 Å². The van der Waals surface area contributed by atoms with Crippen LogP contribution in [0.1, 0.15) is 39.5 Å². The van der Waals surface area contributed by atoms with Crippen LogP contribution in [-0.4, -0.2) is 0 Å². The molecule has 0 bridgehead atoms. The smallest absolute Gasteiger partial charge is 0.0391 e. The van der Waals surface area contributed by atoms with E-state index in [1.165, 1.54) is 25.7 Å². The molecule has 0 nitrogen and oxygen atoms in total. The van der Waals surface area contributed by atoms with Crippen LogP contribution < -0.4 is 0 Å². The Morgan fingerprint density at radius 3 is 2.20 bits per heavy atom. The molecule has 2 aliphatic carbocycles. The summed E-state index contributed by atoms with van der Waals surface area (Å²) in [4.78, 5) is 0. The first-order chi connectivity index (χ1) is 7.20. The summed E-state index contributed by atoms with van der Waals surface area (Å²) in [6.45, 7) is 8.41. The van der Waals surface area contributed by atoms with Crippen LogP contribution in [0.3, 0.4) is 0 Å². The lowest BCUT2D eigenvalue weighted by Crippen LogP contribution is -2.01. The minimum Gasteiger partial charge on any atom is -0.171 e. The molecule has 0 aromatic heterocycles. The summed E-state index contributed by atoms with van der Waals surface area (Å²) in [6.07, 6.45) is 15.8. The van der Waals surface area contributed by atoms with Crippen LogP contribution in [-0.2, 0) is 0 Å². The van der Waals surface area contributed by atoms with Crippen molar-refractivity contribution in [2.24, 2.45) is 11.8 Å². The van der Waals surface area contributed by atoms with Crippen LogP contribution >= 0.6 is 0 Å². The Morgan fingerprint density at radius 2 is 1.93 bits per heavy atom. The van der Waals surface area contributed by atoms with Crippen molar-refractivity contribution >= 4 is 0 Å². The molecule has 0 unspecified atom stereocenters. The third kappa shape index (κ3) is 4.92. The van der Waals surface area contributed by atoms with Gasteiger partial charge < -0.3 is 0 Å². The van der Waals surface area contributed by atoms with Gasteiger partial charge in [-0.2, -0.15) is 12.2 Å². The van der Waals surface area contributed by atoms with Gasteiger partial charge in [0.2, 0.25) is 0 Å². The maximum atomic E-state index is 3.72. The summed E-state index contributed by atoms with van der Waals surface area (Å²) in [6, 6.07) is 0. The van der Waals surface area contributed by atoms with E-state index in [0.717, 1.165) is 17.4 Å². The zero-order valence-corrected chi connectivity index (χ0v) is 10.1. The Kier molecular flexibility index (Phi) is 5.31. The highest BCUT2D eigenvalue weighted by Gasteiger charge is 2.17. The maximum absolute atomic E-state index is 3.72. The Bertz CT molecular complexity index is 237. The van der Waals surface area contributed by atoms with E-state index in [9.17, 15) is 0 Å². The van der Waals surface area contributed by atoms with Crippen LogP contribution in [0.5, 0.6) is 0 Å². The summed E-state index contributed by atoms with van der Waals surface area (Å²) in [7, 11) is 0. The normalized spacial score (nSPS) is 20.1. The van der Waals surface area contributed by atoms with Gasteiger partial charge >= 0.3 is 0 Å². The Morgan fingerprint density at radius 1 is 1.27 bits per heavy atom. The Balaban J connectivity index is 0.000000151. The Labute approximate surface area is 94.8 Å². The number of allylic oxidation sites excluding steroid dienone is 5. The largest absolute Gasteiger partial charge is 0.171 e. The fourth-order valence-electron chi connectivity index (χ4n) is 2.10. The molecule has 0 heterocycles. The molecule has 0 heteroatoms. The molecule has 1 saturated carbocycles. The van der Waals surface area contributed by atoms with Gasteiger partial charge in [0.05, 0.1) is 0 Å². The lowest BCUT2D eigenvalue weighted by atomic mass is 9.95. The highest BCUT2D eigenvalue weighted by atomic mass is 14.2. The molecule has 0 N–H and O–H groups in total. The molecule has 0 spiro atoms. The first kappa shape index (κ1) is 12.2. The van der Waals surface area contributed by atoms with Crippen LogP contribution in [0, 0.1) is 18.3 Å². The SMILES string of the molecule is C=C1C=CC=C[CH-]1.CC(C)C1CCCC1. The Hall–Kier alpha value is -0.910. The van der Waals surface area contributed by atoms with Crippen molar-refractivity contribution in [1.82, 2.24) is 0 Å². The van der Waals surface area contributed by atoms with Crippen molar-refractivity contribution in [3.63, 3.8) is 0 Å². The summed E-state index contributed by atoms with van der Waals surface area (Å²) >= 11 is 0. The molecule has 0 atom stereocenters. The summed E-state index contributed by atoms with van der Waals surface area (Å²) in [5.41, 5.74) is 1.07. The standard InChI is InChI=1S/C8H16.C7H7/c1-7(2)8-5-3-4-6-8;1-7-5-3-2-4-6-7/h7-8H,3-6H2,1-2H3;2-6H,1H2/q;-1. The van der Waals surface area contributed by atoms with Crippen molar-refractivity contribution in [3.8, 4) is 0 Å². The van der Waals surface area contributed by atoms with Crippen molar-refractivity contribution in [1.29, 1.82) is 0 Å². The van der Waals surface area contributed by atoms with Crippen molar-refractivity contribution in [2.45, 2.75) is 39.5 Å². The predicted octanol–water partition coefficient (Wildman–Crippen LogP) is 4.71. The molecular formula is C15H23-. The van der Waals surface area contributed by atoms with Crippen LogP contribution in [0.2, 0.25) is 0 Å². The van der Waals surface area contributed by atoms with E-state index in [-0.39, 0.29) is 0 Å². The van der Waals surface area contributed by atoms with Gasteiger partial charge in [-0.25, -0.2) is 0 Å². The molecule has 0 amide bonds. The highest BCUT2D eigenvalue weighted by Crippen LogP contribution is 2.30. The van der Waals surface area contributed by atoms with Gasteiger partial charge in [-0.15, -0.1) is 30.7 Å². The van der Waals surface area contributed by atoms with E-state index >= 15 is 0 Å². The first-order valence-electron chi connectivity index (χ1n) is 6.07. The predicted molar refractivity (Wildman–Crippen MR) is 68.5 cm³/mol. The maximum Gasteiger partial charge on any atom is -0.0391 e. The second-order valence-electron chi connectivity index (χ2n) is 4.77. The average molecular weight is 203 g/mol. The van der Waals surface area contributed by atoms with Gasteiger partial charge in [0.15, 0.2) is 0 Å². The fourth-order valence-corrected chi connectivity index (χ4v) is 2.10. The van der Waals surface area contributed by atoms with Crippen molar-refractivity contribution in [3.05, 3.63) is 42.9 Å². The minimum atomic E-state index is 0.942. The molecule has 1 fully saturated rings. The van der Waals surface area contributed by atoms with Gasteiger partial charge in [0, 0.05) is 0 Å². The zero-order valence-electron chi connectivity index (χ0n) is 10.1. The summed E-state index contributed by atoms with van der Waals surface area (Å²) in [5, 5.41) is 0. The fraction of sp³-hybridized carbons (Fsp3) is 0.533. The molecule has 2 aliphatic rings. The van der Waals surface area contributed by atoms with E-state index < -0.39 is 0 Å². The molecule has 0 aromatic carbocycles. The minimum absolute atomic E-state index is 0.942. The lowest BCUT2D eigenvalue weighted by Gasteiger charge is -2.11. The lowest BCUT2D eigenvalue weighted by molar-refractivity contribution is 0.396. The number of hydrogen-bond donors (Lipinski definition) is 0. The van der Waals surface area contributed by atoms with Crippen LogP contribution in [0.15, 0.2) is 36.5 Å².